The van der Waals surface area contributed by atoms with Crippen molar-refractivity contribution in [1.82, 2.24) is 4.90 Å². The Balaban J connectivity index is 2.09. The summed E-state index contributed by atoms with van der Waals surface area (Å²) in [6.45, 7) is 1.39. The maximum absolute atomic E-state index is 12.4. The summed E-state index contributed by atoms with van der Waals surface area (Å²) in [7, 11) is 0. The molecule has 0 aromatic rings. The van der Waals surface area contributed by atoms with Crippen LogP contribution in [-0.4, -0.2) is 41.7 Å². The fourth-order valence-corrected chi connectivity index (χ4v) is 2.76. The van der Waals surface area contributed by atoms with Gasteiger partial charge < -0.3 is 5.11 Å². The van der Waals surface area contributed by atoms with Gasteiger partial charge in [-0.15, -0.1) is 0 Å². The van der Waals surface area contributed by atoms with Crippen LogP contribution in [0.4, 0.5) is 8.78 Å². The van der Waals surface area contributed by atoms with Crippen LogP contribution in [0.25, 0.3) is 0 Å². The summed E-state index contributed by atoms with van der Waals surface area (Å²) in [5.41, 5.74) is -0.291. The van der Waals surface area contributed by atoms with Gasteiger partial charge in [0.05, 0.1) is 6.61 Å². The van der Waals surface area contributed by atoms with Gasteiger partial charge in [0.2, 0.25) is 6.43 Å². The van der Waals surface area contributed by atoms with E-state index in [1.54, 1.807) is 0 Å². The van der Waals surface area contributed by atoms with Crippen molar-refractivity contribution >= 4 is 0 Å². The molecule has 2 heterocycles. The van der Waals surface area contributed by atoms with Crippen molar-refractivity contribution < 1.29 is 13.9 Å². The van der Waals surface area contributed by atoms with Gasteiger partial charge in [-0.1, -0.05) is 0 Å². The molecule has 0 aromatic heterocycles. The molecule has 1 N–H and O–H groups in total. The van der Waals surface area contributed by atoms with Crippen molar-refractivity contribution in [1.29, 1.82) is 0 Å². The monoisotopic (exact) mass is 191 g/mol. The molecule has 4 heteroatoms. The Morgan fingerprint density at radius 1 is 1.54 bits per heavy atom. The Hall–Kier alpha value is -0.220. The zero-order valence-electron chi connectivity index (χ0n) is 7.55. The van der Waals surface area contributed by atoms with Crippen LogP contribution < -0.4 is 0 Å². The molecule has 0 saturated carbocycles. The van der Waals surface area contributed by atoms with Crippen LogP contribution in [0.1, 0.15) is 19.3 Å². The first-order valence-corrected chi connectivity index (χ1v) is 4.82. The summed E-state index contributed by atoms with van der Waals surface area (Å²) in [5, 5.41) is 9.24. The van der Waals surface area contributed by atoms with Crippen molar-refractivity contribution in [2.24, 2.45) is 5.92 Å². The Bertz CT molecular complexity index is 200. The van der Waals surface area contributed by atoms with E-state index in [9.17, 15) is 13.9 Å². The van der Waals surface area contributed by atoms with E-state index in [-0.39, 0.29) is 12.1 Å². The molecule has 2 aliphatic heterocycles. The number of fused-ring (bicyclic) bond motifs is 1. The SMILES string of the molecule is OCC12CCCN1C[C@@H](C(F)F)C2. The molecule has 2 saturated heterocycles. The molecule has 76 valence electrons. The highest BCUT2D eigenvalue weighted by atomic mass is 19.3. The minimum absolute atomic E-state index is 0.0379. The van der Waals surface area contributed by atoms with Gasteiger partial charge in [0.15, 0.2) is 0 Å². The normalized spacial score (nSPS) is 40.2. The van der Waals surface area contributed by atoms with E-state index in [4.69, 9.17) is 0 Å². The summed E-state index contributed by atoms with van der Waals surface area (Å²) in [5.74, 6) is -0.521. The first-order valence-electron chi connectivity index (χ1n) is 4.82. The number of hydrogen-bond acceptors (Lipinski definition) is 2. The van der Waals surface area contributed by atoms with E-state index in [0.29, 0.717) is 13.0 Å². The van der Waals surface area contributed by atoms with E-state index in [0.717, 1.165) is 19.4 Å². The van der Waals surface area contributed by atoms with Gasteiger partial charge in [0, 0.05) is 18.0 Å². The lowest BCUT2D eigenvalue weighted by Crippen LogP contribution is -2.41. The van der Waals surface area contributed by atoms with Crippen LogP contribution in [0.5, 0.6) is 0 Å². The molecule has 0 spiro atoms. The second-order valence-corrected chi connectivity index (χ2v) is 4.23. The highest BCUT2D eigenvalue weighted by Gasteiger charge is 2.50. The van der Waals surface area contributed by atoms with Crippen LogP contribution in [-0.2, 0) is 0 Å². The minimum Gasteiger partial charge on any atom is -0.394 e. The molecule has 2 aliphatic rings. The van der Waals surface area contributed by atoms with Crippen LogP contribution >= 0.6 is 0 Å². The smallest absolute Gasteiger partial charge is 0.242 e. The third kappa shape index (κ3) is 1.36. The van der Waals surface area contributed by atoms with Crippen molar-refractivity contribution in [2.45, 2.75) is 31.2 Å². The predicted octanol–water partition coefficient (Wildman–Crippen LogP) is 1.10. The van der Waals surface area contributed by atoms with E-state index >= 15 is 0 Å². The van der Waals surface area contributed by atoms with E-state index in [1.807, 2.05) is 4.90 Å². The first-order chi connectivity index (χ1) is 6.18. The maximum atomic E-state index is 12.4. The number of aliphatic hydroxyl groups excluding tert-OH is 1. The molecule has 0 aromatic carbocycles. The highest BCUT2D eigenvalue weighted by Crippen LogP contribution is 2.42. The minimum atomic E-state index is -2.23. The molecule has 2 atom stereocenters. The molecule has 0 aliphatic carbocycles. The average Bonchev–Trinajstić information content (AvgIpc) is 2.58. The largest absolute Gasteiger partial charge is 0.394 e. The Morgan fingerprint density at radius 2 is 2.31 bits per heavy atom. The zero-order valence-corrected chi connectivity index (χ0v) is 7.55. The molecule has 0 radical (unpaired) electrons. The first kappa shape index (κ1) is 9.34. The molecular weight excluding hydrogens is 176 g/mol. The summed E-state index contributed by atoms with van der Waals surface area (Å²) >= 11 is 0. The van der Waals surface area contributed by atoms with E-state index in [1.165, 1.54) is 0 Å². The van der Waals surface area contributed by atoms with E-state index < -0.39 is 12.3 Å². The molecular formula is C9H15F2NO. The van der Waals surface area contributed by atoms with Crippen LogP contribution in [0.15, 0.2) is 0 Å². The Kier molecular flexibility index (Phi) is 2.28. The highest BCUT2D eigenvalue weighted by molar-refractivity contribution is 5.03. The van der Waals surface area contributed by atoms with Gasteiger partial charge in [-0.2, -0.15) is 0 Å². The lowest BCUT2D eigenvalue weighted by atomic mass is 9.91. The Labute approximate surface area is 76.5 Å². The van der Waals surface area contributed by atoms with Crippen molar-refractivity contribution in [3.8, 4) is 0 Å². The molecule has 2 nitrogen and oxygen atoms in total. The fourth-order valence-electron chi connectivity index (χ4n) is 2.76. The second-order valence-electron chi connectivity index (χ2n) is 4.23. The summed E-state index contributed by atoms with van der Waals surface area (Å²) < 4.78 is 24.9. The van der Waals surface area contributed by atoms with Gasteiger partial charge in [-0.25, -0.2) is 8.78 Å². The number of halogens is 2. The number of rotatable bonds is 2. The topological polar surface area (TPSA) is 23.5 Å². The molecule has 13 heavy (non-hydrogen) atoms. The van der Waals surface area contributed by atoms with Crippen LogP contribution in [0, 0.1) is 5.92 Å². The van der Waals surface area contributed by atoms with Crippen molar-refractivity contribution in [3.05, 3.63) is 0 Å². The molecule has 2 fully saturated rings. The quantitative estimate of drug-likeness (QED) is 0.706. The summed E-state index contributed by atoms with van der Waals surface area (Å²) in [4.78, 5) is 2.05. The molecule has 2 rings (SSSR count). The van der Waals surface area contributed by atoms with Crippen LogP contribution in [0.2, 0.25) is 0 Å². The van der Waals surface area contributed by atoms with E-state index in [2.05, 4.69) is 0 Å². The number of nitrogens with zero attached hydrogens (tertiary/aromatic N) is 1. The van der Waals surface area contributed by atoms with Gasteiger partial charge >= 0.3 is 0 Å². The average molecular weight is 191 g/mol. The lowest BCUT2D eigenvalue weighted by molar-refractivity contribution is 0.0776. The number of hydrogen-bond donors (Lipinski definition) is 1. The van der Waals surface area contributed by atoms with Crippen molar-refractivity contribution in [2.75, 3.05) is 19.7 Å². The third-order valence-electron chi connectivity index (χ3n) is 3.49. The molecule has 0 bridgehead atoms. The molecule has 1 unspecified atom stereocenters. The van der Waals surface area contributed by atoms with Crippen LogP contribution in [0.3, 0.4) is 0 Å². The predicted molar refractivity (Wildman–Crippen MR) is 44.7 cm³/mol. The lowest BCUT2D eigenvalue weighted by Gasteiger charge is -2.29. The summed E-state index contributed by atoms with van der Waals surface area (Å²) in [6, 6.07) is 0. The standard InChI is InChI=1S/C9H15F2NO/c10-8(11)7-4-9(6-13)2-1-3-12(9)5-7/h7-8,13H,1-6H2/t7-,9?/m0/s1. The van der Waals surface area contributed by atoms with Gasteiger partial charge in [-0.05, 0) is 25.8 Å². The van der Waals surface area contributed by atoms with Gasteiger partial charge in [-0.3, -0.25) is 4.90 Å². The number of alkyl halides is 2. The summed E-state index contributed by atoms with van der Waals surface area (Å²) in [6.07, 6.45) is 0.166. The van der Waals surface area contributed by atoms with Gasteiger partial charge in [0.25, 0.3) is 0 Å². The Morgan fingerprint density at radius 3 is 2.85 bits per heavy atom. The third-order valence-corrected chi connectivity index (χ3v) is 3.49. The zero-order chi connectivity index (χ0) is 9.47. The fraction of sp³-hybridized carbons (Fsp3) is 1.00. The number of aliphatic hydroxyl groups is 1. The maximum Gasteiger partial charge on any atom is 0.242 e. The van der Waals surface area contributed by atoms with Crippen molar-refractivity contribution in [3.63, 3.8) is 0 Å². The molecule has 0 amide bonds. The van der Waals surface area contributed by atoms with Gasteiger partial charge in [0.1, 0.15) is 0 Å². The second kappa shape index (κ2) is 3.17.